The average molecular weight is 274 g/mol. The summed E-state index contributed by atoms with van der Waals surface area (Å²) in [6, 6.07) is 0. The van der Waals surface area contributed by atoms with Crippen molar-refractivity contribution in [3.05, 3.63) is 0 Å². The molecule has 0 saturated heterocycles. The van der Waals surface area contributed by atoms with E-state index in [9.17, 15) is 19.2 Å². The van der Waals surface area contributed by atoms with Gasteiger partial charge in [-0.25, -0.2) is 9.59 Å². The van der Waals surface area contributed by atoms with Gasteiger partial charge in [0.15, 0.2) is 0 Å². The van der Waals surface area contributed by atoms with E-state index >= 15 is 0 Å². The number of rotatable bonds is 4. The zero-order chi connectivity index (χ0) is 15.4. The standard InChI is InChI=1S/C12H18O7/c1-7(13)18-11(3,4)9(15)17-10(16)12(5,6)19-8(2)14/h1-6H3. The van der Waals surface area contributed by atoms with Gasteiger partial charge in [-0.15, -0.1) is 0 Å². The summed E-state index contributed by atoms with van der Waals surface area (Å²) >= 11 is 0. The first kappa shape index (κ1) is 17.1. The van der Waals surface area contributed by atoms with Crippen LogP contribution in [-0.4, -0.2) is 35.1 Å². The quantitative estimate of drug-likeness (QED) is 0.423. The van der Waals surface area contributed by atoms with Crippen LogP contribution in [0.25, 0.3) is 0 Å². The minimum Gasteiger partial charge on any atom is -0.448 e. The fourth-order valence-corrected chi connectivity index (χ4v) is 1.13. The molecule has 0 spiro atoms. The Morgan fingerprint density at radius 2 is 0.947 bits per heavy atom. The Morgan fingerprint density at radius 1 is 0.684 bits per heavy atom. The third kappa shape index (κ3) is 5.50. The van der Waals surface area contributed by atoms with Crippen LogP contribution in [0.4, 0.5) is 0 Å². The minimum atomic E-state index is -1.60. The van der Waals surface area contributed by atoms with E-state index in [2.05, 4.69) is 4.74 Å². The maximum Gasteiger partial charge on any atom is 0.357 e. The van der Waals surface area contributed by atoms with Crippen molar-refractivity contribution < 1.29 is 33.4 Å². The maximum atomic E-state index is 11.7. The van der Waals surface area contributed by atoms with Gasteiger partial charge in [0.25, 0.3) is 0 Å². The zero-order valence-corrected chi connectivity index (χ0v) is 11.9. The molecule has 0 unspecified atom stereocenters. The Bertz CT molecular complexity index is 368. The molecule has 0 atom stereocenters. The summed E-state index contributed by atoms with van der Waals surface area (Å²) in [7, 11) is 0. The highest BCUT2D eigenvalue weighted by molar-refractivity contribution is 5.94. The molecule has 19 heavy (non-hydrogen) atoms. The zero-order valence-electron chi connectivity index (χ0n) is 11.9. The molecule has 7 heteroatoms. The molecule has 0 aromatic rings. The lowest BCUT2D eigenvalue weighted by molar-refractivity contribution is -0.192. The summed E-state index contributed by atoms with van der Waals surface area (Å²) in [4.78, 5) is 45.0. The highest BCUT2D eigenvalue weighted by atomic mass is 16.6. The van der Waals surface area contributed by atoms with Crippen molar-refractivity contribution in [2.45, 2.75) is 52.7 Å². The Kier molecular flexibility index (Phi) is 5.23. The van der Waals surface area contributed by atoms with Crippen LogP contribution >= 0.6 is 0 Å². The van der Waals surface area contributed by atoms with Crippen LogP contribution in [0.5, 0.6) is 0 Å². The molecule has 0 saturated carbocycles. The van der Waals surface area contributed by atoms with E-state index in [-0.39, 0.29) is 0 Å². The second kappa shape index (κ2) is 5.81. The summed E-state index contributed by atoms with van der Waals surface area (Å²) in [5.41, 5.74) is -3.21. The lowest BCUT2D eigenvalue weighted by Crippen LogP contribution is -2.45. The van der Waals surface area contributed by atoms with Gasteiger partial charge in [-0.05, 0) is 27.7 Å². The summed E-state index contributed by atoms with van der Waals surface area (Å²) < 4.78 is 14.0. The van der Waals surface area contributed by atoms with Crippen molar-refractivity contribution in [1.82, 2.24) is 0 Å². The first-order valence-corrected chi connectivity index (χ1v) is 5.54. The number of hydrogen-bond donors (Lipinski definition) is 0. The molecular formula is C12H18O7. The van der Waals surface area contributed by atoms with Crippen LogP contribution in [0.15, 0.2) is 0 Å². The molecule has 0 aliphatic heterocycles. The first-order chi connectivity index (χ1) is 8.38. The Labute approximate surface area is 111 Å². The van der Waals surface area contributed by atoms with Gasteiger partial charge in [-0.3, -0.25) is 9.59 Å². The van der Waals surface area contributed by atoms with E-state index < -0.39 is 35.1 Å². The van der Waals surface area contributed by atoms with Crippen LogP contribution in [0.2, 0.25) is 0 Å². The predicted octanol–water partition coefficient (Wildman–Crippen LogP) is 0.740. The highest BCUT2D eigenvalue weighted by Crippen LogP contribution is 2.17. The van der Waals surface area contributed by atoms with Gasteiger partial charge in [-0.2, -0.15) is 0 Å². The van der Waals surface area contributed by atoms with Crippen LogP contribution in [0, 0.1) is 0 Å². The second-order valence-electron chi connectivity index (χ2n) is 4.88. The van der Waals surface area contributed by atoms with Crippen LogP contribution < -0.4 is 0 Å². The summed E-state index contributed by atoms with van der Waals surface area (Å²) in [6.07, 6.45) is 0. The molecule has 108 valence electrons. The highest BCUT2D eigenvalue weighted by Gasteiger charge is 2.40. The molecule has 0 aliphatic carbocycles. The minimum absolute atomic E-state index is 0.686. The Hall–Kier alpha value is -1.92. The first-order valence-electron chi connectivity index (χ1n) is 5.54. The smallest absolute Gasteiger partial charge is 0.357 e. The lowest BCUT2D eigenvalue weighted by Gasteiger charge is -2.25. The fraction of sp³-hybridized carbons (Fsp3) is 0.667. The number of ether oxygens (including phenoxy) is 3. The van der Waals surface area contributed by atoms with Crippen molar-refractivity contribution in [3.63, 3.8) is 0 Å². The third-order valence-corrected chi connectivity index (χ3v) is 1.97. The normalized spacial score (nSPS) is 11.5. The number of carbonyl (C=O) groups excluding carboxylic acids is 4. The Balaban J connectivity index is 4.77. The van der Waals surface area contributed by atoms with Crippen molar-refractivity contribution in [1.29, 1.82) is 0 Å². The van der Waals surface area contributed by atoms with Crippen molar-refractivity contribution in [2.24, 2.45) is 0 Å². The Morgan fingerprint density at radius 3 is 1.16 bits per heavy atom. The van der Waals surface area contributed by atoms with Crippen molar-refractivity contribution in [3.8, 4) is 0 Å². The number of carbonyl (C=O) groups is 4. The van der Waals surface area contributed by atoms with Crippen molar-refractivity contribution in [2.75, 3.05) is 0 Å². The van der Waals surface area contributed by atoms with Crippen LogP contribution in [0.3, 0.4) is 0 Å². The molecule has 0 amide bonds. The molecule has 0 heterocycles. The largest absolute Gasteiger partial charge is 0.448 e. The summed E-state index contributed by atoms with van der Waals surface area (Å²) in [5, 5.41) is 0. The summed E-state index contributed by atoms with van der Waals surface area (Å²) in [5.74, 6) is -3.47. The molecule has 0 aromatic carbocycles. The van der Waals surface area contributed by atoms with E-state index in [0.29, 0.717) is 0 Å². The molecular weight excluding hydrogens is 256 g/mol. The van der Waals surface area contributed by atoms with Crippen molar-refractivity contribution >= 4 is 23.9 Å². The van der Waals surface area contributed by atoms with E-state index in [1.165, 1.54) is 27.7 Å². The topological polar surface area (TPSA) is 96.0 Å². The van der Waals surface area contributed by atoms with E-state index in [4.69, 9.17) is 9.47 Å². The van der Waals surface area contributed by atoms with E-state index in [1.54, 1.807) is 0 Å². The van der Waals surface area contributed by atoms with Gasteiger partial charge in [0.2, 0.25) is 11.2 Å². The molecule has 0 N–H and O–H groups in total. The molecule has 0 radical (unpaired) electrons. The molecule has 0 aromatic heterocycles. The third-order valence-electron chi connectivity index (χ3n) is 1.97. The second-order valence-corrected chi connectivity index (χ2v) is 4.88. The molecule has 7 nitrogen and oxygen atoms in total. The molecule has 0 rings (SSSR count). The van der Waals surface area contributed by atoms with E-state index in [1.807, 2.05) is 0 Å². The van der Waals surface area contributed by atoms with Gasteiger partial charge in [0, 0.05) is 13.8 Å². The van der Waals surface area contributed by atoms with E-state index in [0.717, 1.165) is 13.8 Å². The van der Waals surface area contributed by atoms with Gasteiger partial charge in [-0.1, -0.05) is 0 Å². The van der Waals surface area contributed by atoms with Gasteiger partial charge in [0.1, 0.15) is 0 Å². The monoisotopic (exact) mass is 274 g/mol. The van der Waals surface area contributed by atoms with Crippen LogP contribution in [0.1, 0.15) is 41.5 Å². The molecule has 0 bridgehead atoms. The van der Waals surface area contributed by atoms with Gasteiger partial charge >= 0.3 is 23.9 Å². The average Bonchev–Trinajstić information content (AvgIpc) is 2.12. The maximum absolute atomic E-state index is 11.7. The molecule has 0 fully saturated rings. The SMILES string of the molecule is CC(=O)OC(C)(C)C(=O)OC(=O)C(C)(C)OC(C)=O. The predicted molar refractivity (Wildman–Crippen MR) is 62.8 cm³/mol. The van der Waals surface area contributed by atoms with Gasteiger partial charge in [0.05, 0.1) is 0 Å². The molecule has 0 aliphatic rings. The lowest BCUT2D eigenvalue weighted by atomic mass is 10.1. The fourth-order valence-electron chi connectivity index (χ4n) is 1.13. The number of hydrogen-bond acceptors (Lipinski definition) is 7. The van der Waals surface area contributed by atoms with Crippen LogP contribution in [-0.2, 0) is 33.4 Å². The van der Waals surface area contributed by atoms with Gasteiger partial charge < -0.3 is 14.2 Å². The number of esters is 4. The summed E-state index contributed by atoms with van der Waals surface area (Å²) in [6.45, 7) is 7.37.